The van der Waals surface area contributed by atoms with Crippen LogP contribution in [0.15, 0.2) is 83.9 Å². The van der Waals surface area contributed by atoms with Crippen LogP contribution in [0.3, 0.4) is 0 Å². The Kier molecular flexibility index (Phi) is 7.63. The van der Waals surface area contributed by atoms with Gasteiger partial charge in [0.15, 0.2) is 0 Å². The number of ether oxygens (including phenoxy) is 1. The topological polar surface area (TPSA) is 50.7 Å². The highest BCUT2D eigenvalue weighted by Crippen LogP contribution is 2.23. The second-order valence-electron chi connectivity index (χ2n) is 6.86. The van der Waals surface area contributed by atoms with E-state index in [1.54, 1.807) is 31.4 Å². The zero-order chi connectivity index (χ0) is 22.2. The lowest BCUT2D eigenvalue weighted by Crippen LogP contribution is -2.11. The van der Waals surface area contributed by atoms with Crippen LogP contribution in [-0.2, 0) is 0 Å². The van der Waals surface area contributed by atoms with Crippen LogP contribution >= 0.6 is 11.6 Å². The fraction of sp³-hybridized carbons (Fsp3) is 0.154. The maximum atomic E-state index is 12.5. The molecule has 0 radical (unpaired) electrons. The molecule has 0 fully saturated rings. The van der Waals surface area contributed by atoms with Crippen molar-refractivity contribution in [3.8, 4) is 5.75 Å². The fourth-order valence-corrected chi connectivity index (χ4v) is 3.26. The molecule has 3 aromatic rings. The predicted molar refractivity (Wildman–Crippen MR) is 129 cm³/mol. The third kappa shape index (κ3) is 5.83. The number of halogens is 1. The van der Waals surface area contributed by atoms with E-state index in [9.17, 15) is 4.79 Å². The van der Waals surface area contributed by atoms with Gasteiger partial charge in [0.25, 0.3) is 5.91 Å². The van der Waals surface area contributed by atoms with E-state index in [1.807, 2.05) is 61.5 Å². The number of hydrogen-bond acceptors (Lipinski definition) is 3. The van der Waals surface area contributed by atoms with Gasteiger partial charge in [0.2, 0.25) is 0 Å². The molecule has 0 saturated carbocycles. The monoisotopic (exact) mass is 432 g/mol. The smallest absolute Gasteiger partial charge is 0.255 e. The van der Waals surface area contributed by atoms with Gasteiger partial charge >= 0.3 is 0 Å². The van der Waals surface area contributed by atoms with Crippen LogP contribution in [0.4, 0.5) is 5.69 Å². The maximum absolute atomic E-state index is 12.5. The van der Waals surface area contributed by atoms with Gasteiger partial charge in [-0.2, -0.15) is 0 Å². The average Bonchev–Trinajstić information content (AvgIpc) is 2.80. The van der Waals surface area contributed by atoms with Gasteiger partial charge in [-0.1, -0.05) is 36.7 Å². The van der Waals surface area contributed by atoms with Crippen LogP contribution in [0, 0.1) is 0 Å². The van der Waals surface area contributed by atoms with Crippen molar-refractivity contribution in [2.45, 2.75) is 20.3 Å². The fourth-order valence-electron chi connectivity index (χ4n) is 3.13. The van der Waals surface area contributed by atoms with E-state index in [-0.39, 0.29) is 5.91 Å². The number of carbonyl (C=O) groups excluding carboxylic acids is 1. The Morgan fingerprint density at radius 3 is 2.29 bits per heavy atom. The molecule has 1 amide bonds. The summed E-state index contributed by atoms with van der Waals surface area (Å²) in [6.45, 7) is 4.04. The van der Waals surface area contributed by atoms with Crippen molar-refractivity contribution in [3.05, 3.63) is 101 Å². The maximum Gasteiger partial charge on any atom is 0.255 e. The van der Waals surface area contributed by atoms with E-state index in [0.717, 1.165) is 34.7 Å². The summed E-state index contributed by atoms with van der Waals surface area (Å²) in [6, 6.07) is 22.4. The van der Waals surface area contributed by atoms with Crippen molar-refractivity contribution in [3.63, 3.8) is 0 Å². The quantitative estimate of drug-likeness (QED) is 0.414. The first-order valence-electron chi connectivity index (χ1n) is 10.1. The minimum absolute atomic E-state index is 0.188. The number of nitrogens with one attached hydrogen (secondary N) is 1. The number of hydrogen-bond donors (Lipinski definition) is 1. The minimum Gasteiger partial charge on any atom is -0.497 e. The molecule has 0 unspecified atom stereocenters. The van der Waals surface area contributed by atoms with Crippen molar-refractivity contribution in [2.75, 3.05) is 12.4 Å². The number of nitrogens with zero attached hydrogens (tertiary/aromatic N) is 1. The first-order valence-corrected chi connectivity index (χ1v) is 10.5. The Morgan fingerprint density at radius 1 is 1.00 bits per heavy atom. The average molecular weight is 433 g/mol. The summed E-state index contributed by atoms with van der Waals surface area (Å²) in [5.41, 5.74) is 5.05. The molecule has 4 nitrogen and oxygen atoms in total. The molecule has 158 valence electrons. The van der Waals surface area contributed by atoms with E-state index in [2.05, 4.69) is 12.2 Å². The van der Waals surface area contributed by atoms with Gasteiger partial charge in [-0.3, -0.25) is 9.79 Å². The molecule has 3 aromatic carbocycles. The molecule has 0 aliphatic rings. The van der Waals surface area contributed by atoms with E-state index >= 15 is 0 Å². The minimum atomic E-state index is -0.188. The molecule has 3 rings (SSSR count). The number of benzene rings is 3. The highest BCUT2D eigenvalue weighted by molar-refractivity contribution is 6.30. The molecule has 0 aromatic heterocycles. The van der Waals surface area contributed by atoms with Crippen LogP contribution in [0.5, 0.6) is 5.75 Å². The van der Waals surface area contributed by atoms with Gasteiger partial charge in [-0.25, -0.2) is 0 Å². The number of amides is 1. The molecule has 1 N–H and O–H groups in total. The number of rotatable bonds is 7. The van der Waals surface area contributed by atoms with Crippen molar-refractivity contribution in [1.82, 2.24) is 0 Å². The number of carbonyl (C=O) groups is 1. The van der Waals surface area contributed by atoms with Crippen molar-refractivity contribution < 1.29 is 9.53 Å². The largest absolute Gasteiger partial charge is 0.497 e. The number of methoxy groups -OCH3 is 1. The lowest BCUT2D eigenvalue weighted by molar-refractivity contribution is 0.102. The van der Waals surface area contributed by atoms with Gasteiger partial charge < -0.3 is 10.1 Å². The molecule has 0 aliphatic carbocycles. The van der Waals surface area contributed by atoms with Crippen molar-refractivity contribution in [2.24, 2.45) is 4.99 Å². The summed E-state index contributed by atoms with van der Waals surface area (Å²) in [7, 11) is 1.65. The molecule has 0 saturated heterocycles. The molecule has 0 spiro atoms. The van der Waals surface area contributed by atoms with Crippen molar-refractivity contribution >= 4 is 34.6 Å². The lowest BCUT2D eigenvalue weighted by atomic mass is 10.1. The molecule has 0 aliphatic heterocycles. The Hall–Kier alpha value is -3.37. The standard InChI is InChI=1S/C26H25ClN2O2/c1-4-24(18-11-15-23(31-3)16-12-18)29-25(5-2)20-7-6-8-22(17-20)28-26(30)19-9-13-21(27)14-10-19/h5-17H,4H2,1-3H3,(H,28,30)/b25-5-,29-24?. The molecular formula is C26H25ClN2O2. The Morgan fingerprint density at radius 2 is 1.68 bits per heavy atom. The van der Waals surface area contributed by atoms with E-state index in [0.29, 0.717) is 16.3 Å². The molecular weight excluding hydrogens is 408 g/mol. The van der Waals surface area contributed by atoms with Crippen LogP contribution in [0.25, 0.3) is 5.70 Å². The highest BCUT2D eigenvalue weighted by Gasteiger charge is 2.09. The summed E-state index contributed by atoms with van der Waals surface area (Å²) in [5.74, 6) is 0.626. The van der Waals surface area contributed by atoms with E-state index < -0.39 is 0 Å². The van der Waals surface area contributed by atoms with Crippen LogP contribution in [-0.4, -0.2) is 18.7 Å². The van der Waals surface area contributed by atoms with Crippen LogP contribution < -0.4 is 10.1 Å². The summed E-state index contributed by atoms with van der Waals surface area (Å²) in [4.78, 5) is 17.4. The molecule has 0 bridgehead atoms. The van der Waals surface area contributed by atoms with Gasteiger partial charge in [-0.15, -0.1) is 0 Å². The molecule has 0 heterocycles. The second kappa shape index (κ2) is 10.6. The van der Waals surface area contributed by atoms with E-state index in [1.165, 1.54) is 0 Å². The van der Waals surface area contributed by atoms with Crippen LogP contribution in [0.2, 0.25) is 5.02 Å². The predicted octanol–water partition coefficient (Wildman–Crippen LogP) is 6.86. The molecule has 5 heteroatoms. The Bertz CT molecular complexity index is 1100. The molecule has 31 heavy (non-hydrogen) atoms. The first kappa shape index (κ1) is 22.3. The Labute approximate surface area is 188 Å². The lowest BCUT2D eigenvalue weighted by Gasteiger charge is -2.10. The SMILES string of the molecule is C/C=C(\N=C(CC)c1ccc(OC)cc1)c1cccc(NC(=O)c2ccc(Cl)cc2)c1. The summed E-state index contributed by atoms with van der Waals surface area (Å²) in [6.07, 6.45) is 2.76. The summed E-state index contributed by atoms with van der Waals surface area (Å²) < 4.78 is 5.24. The number of anilines is 1. The van der Waals surface area contributed by atoms with Crippen LogP contribution in [0.1, 0.15) is 41.8 Å². The third-order valence-electron chi connectivity index (χ3n) is 4.81. The van der Waals surface area contributed by atoms with Gasteiger partial charge in [0.05, 0.1) is 12.8 Å². The summed E-state index contributed by atoms with van der Waals surface area (Å²) >= 11 is 5.90. The first-order chi connectivity index (χ1) is 15.0. The zero-order valence-electron chi connectivity index (χ0n) is 17.9. The zero-order valence-corrected chi connectivity index (χ0v) is 18.6. The van der Waals surface area contributed by atoms with Gasteiger partial charge in [0.1, 0.15) is 5.75 Å². The van der Waals surface area contributed by atoms with Gasteiger partial charge in [0, 0.05) is 27.5 Å². The van der Waals surface area contributed by atoms with E-state index in [4.69, 9.17) is 21.3 Å². The van der Waals surface area contributed by atoms with Gasteiger partial charge in [-0.05, 0) is 79.6 Å². The Balaban J connectivity index is 1.83. The third-order valence-corrected chi connectivity index (χ3v) is 5.06. The van der Waals surface area contributed by atoms with Crippen molar-refractivity contribution in [1.29, 1.82) is 0 Å². The highest BCUT2D eigenvalue weighted by atomic mass is 35.5. The second-order valence-corrected chi connectivity index (χ2v) is 7.29. The normalized spacial score (nSPS) is 11.9. The number of aliphatic imine (C=N–C) groups is 1. The summed E-state index contributed by atoms with van der Waals surface area (Å²) in [5, 5.41) is 3.53. The number of allylic oxidation sites excluding steroid dienone is 1. The molecule has 0 atom stereocenters.